The molecule has 0 amide bonds. The molecule has 0 N–H and O–H groups in total. The molecule has 2 heterocycles. The summed E-state index contributed by atoms with van der Waals surface area (Å²) in [6, 6.07) is 0.592. The predicted octanol–water partition coefficient (Wildman–Crippen LogP) is 3.25. The molecule has 1 aliphatic carbocycles. The Morgan fingerprint density at radius 2 is 1.93 bits per heavy atom. The van der Waals surface area contributed by atoms with Crippen LogP contribution in [-0.2, 0) is 10.1 Å². The lowest BCUT2D eigenvalue weighted by molar-refractivity contribution is -0.0499. The van der Waals surface area contributed by atoms with Crippen LogP contribution in [0.4, 0.5) is 13.2 Å². The summed E-state index contributed by atoms with van der Waals surface area (Å²) in [5.41, 5.74) is -6.20. The van der Waals surface area contributed by atoms with Crippen LogP contribution < -0.4 is 9.74 Å². The van der Waals surface area contributed by atoms with Crippen molar-refractivity contribution in [3.8, 4) is 5.75 Å². The first kappa shape index (κ1) is 19.9. The first-order valence-electron chi connectivity index (χ1n) is 8.11. The van der Waals surface area contributed by atoms with E-state index in [1.54, 1.807) is 6.26 Å². The second-order valence-electron chi connectivity index (χ2n) is 6.09. The van der Waals surface area contributed by atoms with Gasteiger partial charge in [-0.3, -0.25) is 9.36 Å². The highest BCUT2D eigenvalue weighted by molar-refractivity contribution is 7.98. The Bertz CT molecular complexity index is 1020. The average Bonchev–Trinajstić information content (AvgIpc) is 2.60. The topological polar surface area (TPSA) is 91.1 Å². The molecule has 1 fully saturated rings. The number of hydrogen-bond acceptors (Lipinski definition) is 7. The highest BCUT2D eigenvalue weighted by Crippen LogP contribution is 2.34. The molecular formula is C15H16F3N3O4S2. The van der Waals surface area contributed by atoms with Gasteiger partial charge in [-0.2, -0.15) is 21.6 Å². The van der Waals surface area contributed by atoms with Crippen LogP contribution in [0.15, 0.2) is 22.2 Å². The zero-order valence-electron chi connectivity index (χ0n) is 14.2. The third-order valence-electron chi connectivity index (χ3n) is 4.34. The number of nitrogens with zero attached hydrogens (tertiary/aromatic N) is 3. The van der Waals surface area contributed by atoms with Gasteiger partial charge < -0.3 is 4.18 Å². The number of pyridine rings is 1. The van der Waals surface area contributed by atoms with Gasteiger partial charge in [-0.05, 0) is 19.1 Å². The lowest BCUT2D eigenvalue weighted by atomic mass is 9.95. The van der Waals surface area contributed by atoms with Crippen molar-refractivity contribution in [2.75, 3.05) is 6.26 Å². The van der Waals surface area contributed by atoms with Crippen LogP contribution in [0.3, 0.4) is 0 Å². The smallest absolute Gasteiger partial charge is 0.375 e. The Morgan fingerprint density at radius 1 is 1.26 bits per heavy atom. The van der Waals surface area contributed by atoms with E-state index in [0.717, 1.165) is 38.2 Å². The number of thioether (sulfide) groups is 1. The number of halogens is 3. The number of hydrogen-bond donors (Lipinski definition) is 0. The molecule has 27 heavy (non-hydrogen) atoms. The molecule has 3 rings (SSSR count). The summed E-state index contributed by atoms with van der Waals surface area (Å²) in [6.07, 6.45) is 7.22. The third kappa shape index (κ3) is 3.91. The maximum Gasteiger partial charge on any atom is 0.534 e. The Morgan fingerprint density at radius 3 is 2.52 bits per heavy atom. The molecule has 0 bridgehead atoms. The molecule has 0 unspecified atom stereocenters. The van der Waals surface area contributed by atoms with E-state index in [4.69, 9.17) is 0 Å². The van der Waals surface area contributed by atoms with Gasteiger partial charge in [0.2, 0.25) is 0 Å². The second kappa shape index (κ2) is 7.30. The summed E-state index contributed by atoms with van der Waals surface area (Å²) in [4.78, 5) is 20.8. The van der Waals surface area contributed by atoms with Crippen LogP contribution in [0.5, 0.6) is 5.75 Å². The molecule has 1 aliphatic rings. The monoisotopic (exact) mass is 423 g/mol. The molecule has 0 spiro atoms. The molecule has 0 atom stereocenters. The molecule has 12 heteroatoms. The van der Waals surface area contributed by atoms with Gasteiger partial charge in [0.1, 0.15) is 0 Å². The van der Waals surface area contributed by atoms with E-state index in [-0.39, 0.29) is 17.1 Å². The Labute approximate surface area is 157 Å². The van der Waals surface area contributed by atoms with Gasteiger partial charge >= 0.3 is 15.6 Å². The van der Waals surface area contributed by atoms with Crippen LogP contribution in [0.2, 0.25) is 0 Å². The average molecular weight is 423 g/mol. The van der Waals surface area contributed by atoms with E-state index in [2.05, 4.69) is 14.2 Å². The minimum Gasteiger partial charge on any atom is -0.375 e. The van der Waals surface area contributed by atoms with Crippen LogP contribution in [0.25, 0.3) is 11.0 Å². The number of aromatic nitrogens is 3. The van der Waals surface area contributed by atoms with Crippen LogP contribution in [0.1, 0.15) is 38.1 Å². The molecule has 7 nitrogen and oxygen atoms in total. The zero-order valence-corrected chi connectivity index (χ0v) is 15.8. The van der Waals surface area contributed by atoms with E-state index in [9.17, 15) is 26.4 Å². The van der Waals surface area contributed by atoms with Crippen molar-refractivity contribution in [3.05, 3.63) is 22.6 Å². The minimum absolute atomic E-state index is 0.0641. The highest BCUT2D eigenvalue weighted by Gasteiger charge is 2.49. The van der Waals surface area contributed by atoms with Crippen LogP contribution in [0, 0.1) is 0 Å². The molecule has 2 aromatic rings. The van der Waals surface area contributed by atoms with Gasteiger partial charge in [0, 0.05) is 18.3 Å². The van der Waals surface area contributed by atoms with E-state index in [1.807, 2.05) is 0 Å². The van der Waals surface area contributed by atoms with Gasteiger partial charge in [-0.15, -0.1) is 0 Å². The van der Waals surface area contributed by atoms with Crippen LogP contribution >= 0.6 is 11.8 Å². The summed E-state index contributed by atoms with van der Waals surface area (Å²) < 4.78 is 66.4. The molecule has 2 aromatic heterocycles. The molecule has 0 aromatic carbocycles. The van der Waals surface area contributed by atoms with Gasteiger partial charge in [-0.25, -0.2) is 9.97 Å². The molecule has 1 saturated carbocycles. The molecule has 0 saturated heterocycles. The maximum atomic E-state index is 12.7. The molecular weight excluding hydrogens is 407 g/mol. The van der Waals surface area contributed by atoms with Crippen molar-refractivity contribution in [2.24, 2.45) is 0 Å². The summed E-state index contributed by atoms with van der Waals surface area (Å²) in [7, 11) is -5.92. The largest absolute Gasteiger partial charge is 0.534 e. The van der Waals surface area contributed by atoms with Gasteiger partial charge in [0.15, 0.2) is 16.6 Å². The number of alkyl halides is 3. The highest BCUT2D eigenvalue weighted by atomic mass is 32.2. The Hall–Kier alpha value is -1.82. The van der Waals surface area contributed by atoms with Crippen molar-refractivity contribution in [3.63, 3.8) is 0 Å². The van der Waals surface area contributed by atoms with Crippen molar-refractivity contribution in [1.29, 1.82) is 0 Å². The lowest BCUT2D eigenvalue weighted by Gasteiger charge is -2.25. The maximum absolute atomic E-state index is 12.7. The first-order valence-corrected chi connectivity index (χ1v) is 10.7. The number of rotatable bonds is 4. The zero-order chi connectivity index (χ0) is 19.8. The predicted molar refractivity (Wildman–Crippen MR) is 93.3 cm³/mol. The van der Waals surface area contributed by atoms with Gasteiger partial charge in [0.25, 0.3) is 5.56 Å². The molecule has 148 valence electrons. The summed E-state index contributed by atoms with van der Waals surface area (Å²) in [6.45, 7) is 0. The molecule has 0 radical (unpaired) electrons. The molecule has 0 aliphatic heterocycles. The second-order valence-corrected chi connectivity index (χ2v) is 8.40. The summed E-state index contributed by atoms with van der Waals surface area (Å²) in [5.74, 6) is -0.730. The third-order valence-corrected chi connectivity index (χ3v) is 5.87. The fraction of sp³-hybridized carbons (Fsp3) is 0.533. The van der Waals surface area contributed by atoms with Gasteiger partial charge in [-0.1, -0.05) is 31.0 Å². The van der Waals surface area contributed by atoms with Crippen molar-refractivity contribution in [2.45, 2.75) is 48.8 Å². The fourth-order valence-corrected chi connectivity index (χ4v) is 3.91. The van der Waals surface area contributed by atoms with Crippen molar-refractivity contribution < 1.29 is 25.8 Å². The minimum atomic E-state index is -5.92. The van der Waals surface area contributed by atoms with E-state index < -0.39 is 26.9 Å². The number of fused-ring (bicyclic) bond motifs is 1. The van der Waals surface area contributed by atoms with E-state index >= 15 is 0 Å². The Balaban J connectivity index is 2.21. The standard InChI is InChI=1S/C15H16F3N3O4S2/c1-26-14-19-8-10-11(25-27(23,24)15(16,17)18)7-12(22)21(13(10)20-14)9-5-3-2-4-6-9/h7-9H,2-6H2,1H3. The first-order chi connectivity index (χ1) is 12.6. The quantitative estimate of drug-likeness (QED) is 0.323. The van der Waals surface area contributed by atoms with Crippen LogP contribution in [-0.4, -0.2) is 34.7 Å². The van der Waals surface area contributed by atoms with E-state index in [1.165, 1.54) is 22.5 Å². The van der Waals surface area contributed by atoms with E-state index in [0.29, 0.717) is 5.16 Å². The normalized spacial score (nSPS) is 16.6. The van der Waals surface area contributed by atoms with Gasteiger partial charge in [0.05, 0.1) is 5.39 Å². The Kier molecular flexibility index (Phi) is 5.39. The fourth-order valence-electron chi connectivity index (χ4n) is 3.10. The summed E-state index contributed by atoms with van der Waals surface area (Å²) in [5, 5.41) is 0.244. The van der Waals surface area contributed by atoms with Crippen molar-refractivity contribution in [1.82, 2.24) is 14.5 Å². The lowest BCUT2D eigenvalue weighted by Crippen LogP contribution is -2.30. The van der Waals surface area contributed by atoms with Crippen molar-refractivity contribution >= 4 is 32.9 Å². The summed E-state index contributed by atoms with van der Waals surface area (Å²) >= 11 is 1.19. The SMILES string of the molecule is CSc1ncc2c(OS(=O)(=O)C(F)(F)F)cc(=O)n(C3CCCCC3)c2n1.